The topological polar surface area (TPSA) is 20.2 Å². The van der Waals surface area contributed by atoms with Gasteiger partial charge in [-0.1, -0.05) is 44.2 Å². The predicted octanol–water partition coefficient (Wildman–Crippen LogP) is 5.62. The minimum Gasteiger partial charge on any atom is -0.508 e. The number of benzene rings is 2. The van der Waals surface area contributed by atoms with Crippen LogP contribution in [-0.2, 0) is 6.42 Å². The molecule has 1 nitrogen and oxygen atoms in total. The molecule has 0 aromatic heterocycles. The Bertz CT molecular complexity index is 735. The number of aromatic hydroxyl groups is 1. The van der Waals surface area contributed by atoms with Gasteiger partial charge in [-0.2, -0.15) is 0 Å². The van der Waals surface area contributed by atoms with Crippen molar-refractivity contribution in [1.29, 1.82) is 0 Å². The molecule has 2 aromatic rings. The molecule has 0 heterocycles. The van der Waals surface area contributed by atoms with Crippen LogP contribution < -0.4 is 0 Å². The second-order valence-corrected chi connectivity index (χ2v) is 5.64. The number of phenolic OH excluding ortho intramolecular Hbond substituents is 1. The number of hydrogen-bond acceptors (Lipinski definition) is 1. The van der Waals surface area contributed by atoms with Gasteiger partial charge in [-0.05, 0) is 70.9 Å². The van der Waals surface area contributed by atoms with Crippen LogP contribution in [0, 0.1) is 0 Å². The van der Waals surface area contributed by atoms with E-state index in [0.717, 1.165) is 25.7 Å². The Morgan fingerprint density at radius 3 is 2.48 bits per heavy atom. The van der Waals surface area contributed by atoms with Crippen molar-refractivity contribution in [3.05, 3.63) is 59.2 Å². The number of aryl methyl sites for hydroxylation is 1. The van der Waals surface area contributed by atoms with Gasteiger partial charge >= 0.3 is 0 Å². The average Bonchev–Trinajstić information content (AvgIpc) is 2.53. The molecular formula is C20H22O. The van der Waals surface area contributed by atoms with E-state index >= 15 is 0 Å². The maximum atomic E-state index is 9.91. The van der Waals surface area contributed by atoms with Gasteiger partial charge in [-0.25, -0.2) is 0 Å². The predicted molar refractivity (Wildman–Crippen MR) is 90.6 cm³/mol. The summed E-state index contributed by atoms with van der Waals surface area (Å²) in [5.74, 6) is 0.343. The van der Waals surface area contributed by atoms with Crippen LogP contribution in [0.3, 0.4) is 0 Å². The molecule has 0 radical (unpaired) electrons. The van der Waals surface area contributed by atoms with Crippen molar-refractivity contribution in [2.45, 2.75) is 39.5 Å². The third kappa shape index (κ3) is 2.49. The largest absolute Gasteiger partial charge is 0.508 e. The Kier molecular flexibility index (Phi) is 3.83. The fourth-order valence-electron chi connectivity index (χ4n) is 3.29. The second kappa shape index (κ2) is 5.77. The van der Waals surface area contributed by atoms with Crippen LogP contribution in [0.25, 0.3) is 16.3 Å². The number of allylic oxidation sites excluding steroid dienone is 4. The van der Waals surface area contributed by atoms with Crippen LogP contribution in [0.4, 0.5) is 0 Å². The first-order valence-electron chi connectivity index (χ1n) is 7.89. The van der Waals surface area contributed by atoms with Gasteiger partial charge in [0.1, 0.15) is 5.75 Å². The van der Waals surface area contributed by atoms with E-state index in [4.69, 9.17) is 0 Å². The standard InChI is InChI=1S/C20H22O/c1-3-14-7-5-6-8-18(14)20-15(4-2)9-10-16-11-12-17(21)13-19(16)20/h7-13,21H,3-6H2,1-2H3. The summed E-state index contributed by atoms with van der Waals surface area (Å²) in [6.45, 7) is 4.42. The van der Waals surface area contributed by atoms with Crippen molar-refractivity contribution < 1.29 is 5.11 Å². The van der Waals surface area contributed by atoms with Crippen molar-refractivity contribution >= 4 is 16.3 Å². The first kappa shape index (κ1) is 13.9. The van der Waals surface area contributed by atoms with Crippen molar-refractivity contribution in [2.24, 2.45) is 0 Å². The van der Waals surface area contributed by atoms with Crippen LogP contribution in [0.5, 0.6) is 5.75 Å². The summed E-state index contributed by atoms with van der Waals surface area (Å²) in [4.78, 5) is 0. The normalized spacial score (nSPS) is 15.0. The fourth-order valence-corrected chi connectivity index (χ4v) is 3.29. The summed E-state index contributed by atoms with van der Waals surface area (Å²) in [7, 11) is 0. The van der Waals surface area contributed by atoms with Crippen LogP contribution in [0.2, 0.25) is 0 Å². The minimum absolute atomic E-state index is 0.343. The van der Waals surface area contributed by atoms with Crippen molar-refractivity contribution in [2.75, 3.05) is 0 Å². The first-order chi connectivity index (χ1) is 10.2. The Hall–Kier alpha value is -2.02. The Morgan fingerprint density at radius 1 is 0.952 bits per heavy atom. The molecule has 1 aliphatic carbocycles. The van der Waals surface area contributed by atoms with Gasteiger partial charge in [0.2, 0.25) is 0 Å². The minimum atomic E-state index is 0.343. The van der Waals surface area contributed by atoms with Crippen molar-refractivity contribution in [3.8, 4) is 5.75 Å². The maximum absolute atomic E-state index is 9.91. The highest BCUT2D eigenvalue weighted by atomic mass is 16.3. The molecule has 0 saturated carbocycles. The number of hydrogen-bond donors (Lipinski definition) is 1. The van der Waals surface area contributed by atoms with Gasteiger partial charge in [0.25, 0.3) is 0 Å². The van der Waals surface area contributed by atoms with Crippen LogP contribution in [0.1, 0.15) is 44.2 Å². The highest BCUT2D eigenvalue weighted by molar-refractivity contribution is 5.99. The molecule has 0 amide bonds. The van der Waals surface area contributed by atoms with Gasteiger partial charge in [-0.15, -0.1) is 0 Å². The summed E-state index contributed by atoms with van der Waals surface area (Å²) in [6.07, 6.45) is 9.06. The van der Waals surface area contributed by atoms with E-state index < -0.39 is 0 Å². The average molecular weight is 278 g/mol. The molecule has 0 aliphatic heterocycles. The first-order valence-corrected chi connectivity index (χ1v) is 7.89. The van der Waals surface area contributed by atoms with E-state index in [1.165, 1.54) is 33.0 Å². The Morgan fingerprint density at radius 2 is 1.71 bits per heavy atom. The summed E-state index contributed by atoms with van der Waals surface area (Å²) in [5, 5.41) is 12.3. The highest BCUT2D eigenvalue weighted by Crippen LogP contribution is 2.38. The van der Waals surface area contributed by atoms with E-state index in [-0.39, 0.29) is 0 Å². The zero-order chi connectivity index (χ0) is 14.8. The molecule has 21 heavy (non-hydrogen) atoms. The molecule has 1 heteroatoms. The maximum Gasteiger partial charge on any atom is 0.116 e. The summed E-state index contributed by atoms with van der Waals surface area (Å²) in [5.41, 5.74) is 5.49. The van der Waals surface area contributed by atoms with Crippen LogP contribution >= 0.6 is 0 Å². The molecule has 1 N–H and O–H groups in total. The lowest BCUT2D eigenvalue weighted by atomic mass is 9.84. The molecule has 1 aliphatic rings. The smallest absolute Gasteiger partial charge is 0.116 e. The molecule has 2 aromatic carbocycles. The molecule has 0 saturated heterocycles. The Labute approximate surface area is 126 Å². The molecule has 108 valence electrons. The molecule has 0 spiro atoms. The molecule has 0 atom stereocenters. The van der Waals surface area contributed by atoms with Gasteiger partial charge in [-0.3, -0.25) is 0 Å². The SMILES string of the molecule is CCC1=CCCC=C1c1c(CC)ccc2ccc(O)cc12. The number of fused-ring (bicyclic) bond motifs is 1. The molecular weight excluding hydrogens is 256 g/mol. The van der Waals surface area contributed by atoms with E-state index in [1.54, 1.807) is 6.07 Å². The van der Waals surface area contributed by atoms with Crippen LogP contribution in [-0.4, -0.2) is 5.11 Å². The summed E-state index contributed by atoms with van der Waals surface area (Å²) < 4.78 is 0. The molecule has 0 bridgehead atoms. The van der Waals surface area contributed by atoms with Gasteiger partial charge in [0.05, 0.1) is 0 Å². The fraction of sp³-hybridized carbons (Fsp3) is 0.300. The zero-order valence-corrected chi connectivity index (χ0v) is 12.8. The lowest BCUT2D eigenvalue weighted by Crippen LogP contribution is -2.00. The lowest BCUT2D eigenvalue weighted by molar-refractivity contribution is 0.476. The third-order valence-electron chi connectivity index (χ3n) is 4.37. The molecule has 3 rings (SSSR count). The molecule has 0 unspecified atom stereocenters. The van der Waals surface area contributed by atoms with Crippen molar-refractivity contribution in [1.82, 2.24) is 0 Å². The van der Waals surface area contributed by atoms with E-state index in [9.17, 15) is 5.11 Å². The van der Waals surface area contributed by atoms with Crippen molar-refractivity contribution in [3.63, 3.8) is 0 Å². The summed E-state index contributed by atoms with van der Waals surface area (Å²) in [6, 6.07) is 10.1. The van der Waals surface area contributed by atoms with E-state index in [1.807, 2.05) is 12.1 Å². The molecule has 0 fully saturated rings. The van der Waals surface area contributed by atoms with Gasteiger partial charge in [0.15, 0.2) is 0 Å². The number of phenols is 1. The van der Waals surface area contributed by atoms with E-state index in [0.29, 0.717) is 5.75 Å². The summed E-state index contributed by atoms with van der Waals surface area (Å²) >= 11 is 0. The zero-order valence-electron chi connectivity index (χ0n) is 12.8. The van der Waals surface area contributed by atoms with Gasteiger partial charge < -0.3 is 5.11 Å². The monoisotopic (exact) mass is 278 g/mol. The highest BCUT2D eigenvalue weighted by Gasteiger charge is 2.16. The second-order valence-electron chi connectivity index (χ2n) is 5.64. The van der Waals surface area contributed by atoms with Crippen LogP contribution in [0.15, 0.2) is 48.1 Å². The third-order valence-corrected chi connectivity index (χ3v) is 4.37. The Balaban J connectivity index is 2.31. The quantitative estimate of drug-likeness (QED) is 0.772. The van der Waals surface area contributed by atoms with E-state index in [2.05, 4.69) is 38.1 Å². The van der Waals surface area contributed by atoms with Gasteiger partial charge in [0, 0.05) is 0 Å². The lowest BCUT2D eigenvalue weighted by Gasteiger charge is -2.20. The number of rotatable bonds is 3.